The van der Waals surface area contributed by atoms with Crippen molar-refractivity contribution >= 4 is 60.7 Å². The fourth-order valence-corrected chi connectivity index (χ4v) is 7.19. The number of benzene rings is 2. The second-order valence-corrected chi connectivity index (χ2v) is 11.6. The fraction of sp³-hybridized carbons (Fsp3) is 0.304. The van der Waals surface area contributed by atoms with E-state index >= 15 is 0 Å². The Morgan fingerprint density at radius 1 is 1.21 bits per heavy atom. The van der Waals surface area contributed by atoms with Gasteiger partial charge < -0.3 is 4.57 Å². The minimum atomic E-state index is -3.60. The van der Waals surface area contributed by atoms with Crippen LogP contribution in [0.3, 0.4) is 0 Å². The molecule has 6 nitrogen and oxygen atoms in total. The van der Waals surface area contributed by atoms with Crippen LogP contribution in [0, 0.1) is 0 Å². The number of piperidine rings is 1. The number of carbonyl (C=O) groups is 1. The molecule has 0 saturated carbocycles. The SMILES string of the molecule is C=CCn1c(=NC(=O)c2ccc(S(=O)(=O)N3CCCCC3C)cc2)sc2ccc(Cl)c(Cl)c21. The van der Waals surface area contributed by atoms with Crippen LogP contribution in [0.1, 0.15) is 36.5 Å². The predicted octanol–water partition coefficient (Wildman–Crippen LogP) is 5.50. The van der Waals surface area contributed by atoms with Gasteiger partial charge in [0, 0.05) is 24.7 Å². The van der Waals surface area contributed by atoms with Crippen LogP contribution in [-0.4, -0.2) is 35.8 Å². The van der Waals surface area contributed by atoms with Crippen molar-refractivity contribution in [2.75, 3.05) is 6.54 Å². The molecule has 1 saturated heterocycles. The monoisotopic (exact) mass is 523 g/mol. The quantitative estimate of drug-likeness (QED) is 0.414. The number of thiazole rings is 1. The van der Waals surface area contributed by atoms with Crippen LogP contribution < -0.4 is 4.80 Å². The number of sulfonamides is 1. The van der Waals surface area contributed by atoms with Gasteiger partial charge in [0.25, 0.3) is 5.91 Å². The van der Waals surface area contributed by atoms with Crippen molar-refractivity contribution in [3.8, 4) is 0 Å². The second-order valence-electron chi connectivity index (χ2n) is 7.89. The van der Waals surface area contributed by atoms with E-state index < -0.39 is 15.9 Å². The average Bonchev–Trinajstić information content (AvgIpc) is 3.14. The van der Waals surface area contributed by atoms with Crippen molar-refractivity contribution in [3.05, 3.63) is 69.5 Å². The van der Waals surface area contributed by atoms with Crippen LogP contribution in [0.25, 0.3) is 10.2 Å². The Bertz CT molecular complexity index is 1390. The molecule has 1 atom stereocenters. The number of hydrogen-bond acceptors (Lipinski definition) is 4. The number of fused-ring (bicyclic) bond motifs is 1. The van der Waals surface area contributed by atoms with Gasteiger partial charge in [-0.05, 0) is 56.2 Å². The molecular weight excluding hydrogens is 501 g/mol. The molecule has 4 rings (SSSR count). The Hall–Kier alpha value is -1.97. The zero-order valence-electron chi connectivity index (χ0n) is 18.0. The molecule has 0 spiro atoms. The third-order valence-corrected chi connectivity index (χ3v) is 9.56. The van der Waals surface area contributed by atoms with Crippen LogP contribution in [0.4, 0.5) is 0 Å². The zero-order valence-corrected chi connectivity index (χ0v) is 21.1. The standard InChI is InChI=1S/C23H23Cl2N3O3S2/c1-3-13-27-21-19(12-11-18(24)20(21)25)32-23(27)26-22(29)16-7-9-17(10-8-16)33(30,31)28-14-5-4-6-15(28)2/h3,7-12,15H,1,4-6,13-14H2,2H3. The topological polar surface area (TPSA) is 71.7 Å². The first-order chi connectivity index (χ1) is 15.7. The van der Waals surface area contributed by atoms with Crippen LogP contribution >= 0.6 is 34.5 Å². The summed E-state index contributed by atoms with van der Waals surface area (Å²) in [5.74, 6) is -0.475. The molecule has 0 radical (unpaired) electrons. The first-order valence-corrected chi connectivity index (χ1v) is 13.5. The van der Waals surface area contributed by atoms with Gasteiger partial charge >= 0.3 is 0 Å². The Balaban J connectivity index is 1.68. The molecule has 2 heterocycles. The average molecular weight is 524 g/mol. The molecule has 3 aromatic rings. The highest BCUT2D eigenvalue weighted by molar-refractivity contribution is 7.89. The van der Waals surface area contributed by atoms with E-state index in [4.69, 9.17) is 23.2 Å². The van der Waals surface area contributed by atoms with Crippen molar-refractivity contribution < 1.29 is 13.2 Å². The number of halogens is 2. The summed E-state index contributed by atoms with van der Waals surface area (Å²) in [6, 6.07) is 9.45. The van der Waals surface area contributed by atoms with Gasteiger partial charge in [-0.1, -0.05) is 47.0 Å². The number of carbonyl (C=O) groups excluding carboxylic acids is 1. The summed E-state index contributed by atoms with van der Waals surface area (Å²) < 4.78 is 30.2. The van der Waals surface area contributed by atoms with Gasteiger partial charge in [-0.2, -0.15) is 9.30 Å². The molecule has 0 bridgehead atoms. The van der Waals surface area contributed by atoms with Gasteiger partial charge in [0.05, 0.1) is 25.2 Å². The van der Waals surface area contributed by atoms with Gasteiger partial charge in [0.2, 0.25) is 10.0 Å². The number of aromatic nitrogens is 1. The fourth-order valence-electron chi connectivity index (χ4n) is 3.97. The van der Waals surface area contributed by atoms with E-state index in [1.54, 1.807) is 21.0 Å². The number of hydrogen-bond donors (Lipinski definition) is 0. The maximum Gasteiger partial charge on any atom is 0.279 e. The lowest BCUT2D eigenvalue weighted by Crippen LogP contribution is -2.41. The van der Waals surface area contributed by atoms with E-state index in [-0.39, 0.29) is 10.9 Å². The summed E-state index contributed by atoms with van der Waals surface area (Å²) in [4.78, 5) is 17.8. The molecule has 1 fully saturated rings. The van der Waals surface area contributed by atoms with Crippen molar-refractivity contribution in [2.24, 2.45) is 4.99 Å². The van der Waals surface area contributed by atoms with Crippen LogP contribution in [-0.2, 0) is 16.6 Å². The maximum atomic E-state index is 13.0. The smallest absolute Gasteiger partial charge is 0.279 e. The molecule has 1 unspecified atom stereocenters. The Kier molecular flexibility index (Phi) is 7.12. The number of allylic oxidation sites excluding steroid dienone is 1. The summed E-state index contributed by atoms with van der Waals surface area (Å²) >= 11 is 13.9. The first-order valence-electron chi connectivity index (χ1n) is 10.5. The van der Waals surface area contributed by atoms with Crippen LogP contribution in [0.15, 0.2) is 58.9 Å². The Labute approximate surface area is 206 Å². The molecule has 1 aliphatic rings. The van der Waals surface area contributed by atoms with Crippen molar-refractivity contribution in [2.45, 2.75) is 43.7 Å². The lowest BCUT2D eigenvalue weighted by atomic mass is 10.1. The zero-order chi connectivity index (χ0) is 23.8. The molecule has 0 N–H and O–H groups in total. The molecular formula is C23H23Cl2N3O3S2. The Morgan fingerprint density at radius 2 is 1.94 bits per heavy atom. The minimum absolute atomic E-state index is 0.0337. The Morgan fingerprint density at radius 3 is 2.61 bits per heavy atom. The van der Waals surface area contributed by atoms with Crippen molar-refractivity contribution in [1.29, 1.82) is 0 Å². The molecule has 174 valence electrons. The maximum absolute atomic E-state index is 13.0. The third-order valence-electron chi connectivity index (χ3n) is 5.69. The number of nitrogens with zero attached hydrogens (tertiary/aromatic N) is 3. The molecule has 1 aliphatic heterocycles. The summed E-state index contributed by atoms with van der Waals surface area (Å²) in [6.07, 6.45) is 4.43. The second kappa shape index (κ2) is 9.72. The van der Waals surface area contributed by atoms with E-state index in [2.05, 4.69) is 11.6 Å². The molecule has 1 aromatic heterocycles. The highest BCUT2D eigenvalue weighted by atomic mass is 35.5. The normalized spacial score (nSPS) is 18.0. The number of rotatable bonds is 5. The molecule has 0 aliphatic carbocycles. The van der Waals surface area contributed by atoms with E-state index in [0.29, 0.717) is 39.0 Å². The van der Waals surface area contributed by atoms with Gasteiger partial charge in [0.1, 0.15) is 0 Å². The van der Waals surface area contributed by atoms with Crippen LogP contribution in [0.5, 0.6) is 0 Å². The minimum Gasteiger partial charge on any atom is -0.311 e. The van der Waals surface area contributed by atoms with Crippen molar-refractivity contribution in [3.63, 3.8) is 0 Å². The van der Waals surface area contributed by atoms with Crippen molar-refractivity contribution in [1.82, 2.24) is 8.87 Å². The van der Waals surface area contributed by atoms with Gasteiger partial charge in [0.15, 0.2) is 4.80 Å². The van der Waals surface area contributed by atoms with E-state index in [9.17, 15) is 13.2 Å². The summed E-state index contributed by atoms with van der Waals surface area (Å²) in [5, 5.41) is 0.806. The molecule has 33 heavy (non-hydrogen) atoms. The molecule has 1 amide bonds. The highest BCUT2D eigenvalue weighted by Gasteiger charge is 2.30. The lowest BCUT2D eigenvalue weighted by molar-refractivity contribution is 0.0997. The summed E-state index contributed by atoms with van der Waals surface area (Å²) in [6.45, 7) is 6.61. The van der Waals surface area contributed by atoms with Crippen LogP contribution in [0.2, 0.25) is 10.0 Å². The van der Waals surface area contributed by atoms with Gasteiger partial charge in [-0.15, -0.1) is 6.58 Å². The van der Waals surface area contributed by atoms with Gasteiger partial charge in [-0.25, -0.2) is 8.42 Å². The summed E-state index contributed by atoms with van der Waals surface area (Å²) in [7, 11) is -3.60. The molecule has 10 heteroatoms. The first kappa shape index (κ1) is 24.2. The van der Waals surface area contributed by atoms with E-state index in [1.807, 2.05) is 13.0 Å². The largest absolute Gasteiger partial charge is 0.311 e. The van der Waals surface area contributed by atoms with E-state index in [1.165, 1.54) is 35.6 Å². The molecule has 2 aromatic carbocycles. The third kappa shape index (κ3) is 4.68. The lowest BCUT2D eigenvalue weighted by Gasteiger charge is -2.32. The summed E-state index contributed by atoms with van der Waals surface area (Å²) in [5.41, 5.74) is 0.991. The number of amides is 1. The predicted molar refractivity (Wildman–Crippen MR) is 134 cm³/mol. The van der Waals surface area contributed by atoms with E-state index in [0.717, 1.165) is 24.0 Å². The highest BCUT2D eigenvalue weighted by Crippen LogP contribution is 2.32. The van der Waals surface area contributed by atoms with Gasteiger partial charge in [-0.3, -0.25) is 4.79 Å².